The molecule has 1 unspecified atom stereocenters. The van der Waals surface area contributed by atoms with Gasteiger partial charge in [-0.05, 0) is 51.8 Å². The van der Waals surface area contributed by atoms with Gasteiger partial charge in [-0.2, -0.15) is 4.98 Å². The largest absolute Gasteiger partial charge is 0.461 e. The predicted octanol–water partition coefficient (Wildman–Crippen LogP) is 2.55. The van der Waals surface area contributed by atoms with Gasteiger partial charge in [0.2, 0.25) is 17.6 Å². The van der Waals surface area contributed by atoms with Crippen LogP contribution < -0.4 is 0 Å². The maximum atomic E-state index is 13.0. The van der Waals surface area contributed by atoms with Gasteiger partial charge in [-0.15, -0.1) is 0 Å². The number of nitrogens with zero attached hydrogens (tertiary/aromatic N) is 4. The lowest BCUT2D eigenvalue weighted by Gasteiger charge is -2.41. The molecule has 2 fully saturated rings. The van der Waals surface area contributed by atoms with Crippen molar-refractivity contribution in [2.75, 3.05) is 19.6 Å². The van der Waals surface area contributed by atoms with Gasteiger partial charge in [-0.3, -0.25) is 9.69 Å². The zero-order valence-electron chi connectivity index (χ0n) is 14.8. The summed E-state index contributed by atoms with van der Waals surface area (Å²) in [4.78, 5) is 21.7. The first kappa shape index (κ1) is 16.3. The monoisotopic (exact) mass is 344 g/mol. The fourth-order valence-corrected chi connectivity index (χ4v) is 4.08. The van der Waals surface area contributed by atoms with Crippen LogP contribution in [-0.4, -0.2) is 51.5 Å². The number of hydrogen-bond donors (Lipinski definition) is 0. The van der Waals surface area contributed by atoms with Crippen molar-refractivity contribution in [1.82, 2.24) is 19.9 Å². The Hall–Kier alpha value is -2.15. The standard InChI is InChI=1S/C18H24N4O3/c1-13(2)22-8-4-6-18(17(22)23)7-9-21(12-18)11-15-19-16(20-25-15)14-5-3-10-24-14/h3,5,10,13H,4,6-9,11-12H2,1-2H3. The second-order valence-electron chi connectivity index (χ2n) is 7.43. The molecule has 134 valence electrons. The highest BCUT2D eigenvalue weighted by Crippen LogP contribution is 2.41. The Kier molecular flexibility index (Phi) is 4.11. The fourth-order valence-electron chi connectivity index (χ4n) is 4.08. The Labute approximate surface area is 147 Å². The van der Waals surface area contributed by atoms with Crippen molar-refractivity contribution in [2.24, 2.45) is 5.41 Å². The molecule has 0 radical (unpaired) electrons. The van der Waals surface area contributed by atoms with Crippen LogP contribution in [0.3, 0.4) is 0 Å². The number of amides is 1. The first-order valence-corrected chi connectivity index (χ1v) is 8.97. The van der Waals surface area contributed by atoms with Gasteiger partial charge >= 0.3 is 0 Å². The summed E-state index contributed by atoms with van der Waals surface area (Å²) in [7, 11) is 0. The second-order valence-corrected chi connectivity index (χ2v) is 7.43. The molecule has 0 bridgehead atoms. The van der Waals surface area contributed by atoms with Crippen molar-refractivity contribution >= 4 is 5.91 Å². The Morgan fingerprint density at radius 3 is 2.96 bits per heavy atom. The summed E-state index contributed by atoms with van der Waals surface area (Å²) in [5.74, 6) is 1.95. The van der Waals surface area contributed by atoms with Gasteiger partial charge in [-0.1, -0.05) is 5.16 Å². The Morgan fingerprint density at radius 2 is 2.20 bits per heavy atom. The summed E-state index contributed by atoms with van der Waals surface area (Å²) in [6.45, 7) is 7.30. The molecule has 2 aromatic rings. The molecule has 1 amide bonds. The molecular weight excluding hydrogens is 320 g/mol. The number of carbonyl (C=O) groups excluding carboxylic acids is 1. The number of furan rings is 1. The lowest BCUT2D eigenvalue weighted by molar-refractivity contribution is -0.147. The third-order valence-electron chi connectivity index (χ3n) is 5.39. The maximum Gasteiger partial charge on any atom is 0.241 e. The zero-order chi connectivity index (χ0) is 17.4. The van der Waals surface area contributed by atoms with Crippen molar-refractivity contribution < 1.29 is 13.7 Å². The molecule has 1 atom stereocenters. The lowest BCUT2D eigenvalue weighted by atomic mass is 9.78. The molecule has 4 heterocycles. The molecule has 2 aliphatic heterocycles. The minimum Gasteiger partial charge on any atom is -0.461 e. The number of rotatable bonds is 4. The molecule has 25 heavy (non-hydrogen) atoms. The summed E-state index contributed by atoms with van der Waals surface area (Å²) in [5.41, 5.74) is -0.230. The van der Waals surface area contributed by atoms with Crippen LogP contribution >= 0.6 is 0 Å². The predicted molar refractivity (Wildman–Crippen MR) is 90.4 cm³/mol. The summed E-state index contributed by atoms with van der Waals surface area (Å²) >= 11 is 0. The quantitative estimate of drug-likeness (QED) is 0.848. The molecule has 2 aromatic heterocycles. The van der Waals surface area contributed by atoms with Gasteiger partial charge in [0.15, 0.2) is 5.76 Å². The van der Waals surface area contributed by atoms with E-state index in [-0.39, 0.29) is 11.5 Å². The summed E-state index contributed by atoms with van der Waals surface area (Å²) in [6, 6.07) is 3.87. The van der Waals surface area contributed by atoms with Gasteiger partial charge in [0, 0.05) is 19.1 Å². The maximum absolute atomic E-state index is 13.0. The molecule has 1 spiro atoms. The lowest BCUT2D eigenvalue weighted by Crippen LogP contribution is -2.52. The molecule has 2 saturated heterocycles. The summed E-state index contributed by atoms with van der Waals surface area (Å²) < 4.78 is 10.6. The van der Waals surface area contributed by atoms with Crippen molar-refractivity contribution in [3.63, 3.8) is 0 Å². The van der Waals surface area contributed by atoms with E-state index >= 15 is 0 Å². The van der Waals surface area contributed by atoms with Gasteiger partial charge in [0.1, 0.15) is 0 Å². The zero-order valence-corrected chi connectivity index (χ0v) is 14.8. The normalized spacial score (nSPS) is 24.8. The molecule has 0 N–H and O–H groups in total. The van der Waals surface area contributed by atoms with E-state index in [4.69, 9.17) is 8.94 Å². The summed E-state index contributed by atoms with van der Waals surface area (Å²) in [5, 5.41) is 3.97. The molecule has 2 aliphatic rings. The van der Waals surface area contributed by atoms with Crippen LogP contribution in [0.4, 0.5) is 0 Å². The third-order valence-corrected chi connectivity index (χ3v) is 5.39. The number of carbonyl (C=O) groups is 1. The Morgan fingerprint density at radius 1 is 1.32 bits per heavy atom. The van der Waals surface area contributed by atoms with Crippen LogP contribution in [0.1, 0.15) is 39.0 Å². The van der Waals surface area contributed by atoms with Crippen LogP contribution in [0, 0.1) is 5.41 Å². The average Bonchev–Trinajstić information content (AvgIpc) is 3.32. The van der Waals surface area contributed by atoms with Crippen molar-refractivity contribution in [3.05, 3.63) is 24.3 Å². The minimum absolute atomic E-state index is 0.230. The number of aromatic nitrogens is 2. The Bertz CT molecular complexity index is 739. The highest BCUT2D eigenvalue weighted by molar-refractivity contribution is 5.84. The van der Waals surface area contributed by atoms with Crippen molar-refractivity contribution in [2.45, 2.75) is 45.7 Å². The van der Waals surface area contributed by atoms with E-state index < -0.39 is 0 Å². The molecular formula is C18H24N4O3. The molecule has 0 saturated carbocycles. The highest BCUT2D eigenvalue weighted by atomic mass is 16.5. The number of likely N-dealkylation sites (tertiary alicyclic amines) is 2. The molecule has 0 aliphatic carbocycles. The fraction of sp³-hybridized carbons (Fsp3) is 0.611. The number of piperidine rings is 1. The van der Waals surface area contributed by atoms with Gasteiger partial charge in [-0.25, -0.2) is 0 Å². The van der Waals surface area contributed by atoms with E-state index in [1.165, 1.54) is 0 Å². The van der Waals surface area contributed by atoms with Crippen LogP contribution in [-0.2, 0) is 11.3 Å². The van der Waals surface area contributed by atoms with Crippen LogP contribution in [0.2, 0.25) is 0 Å². The van der Waals surface area contributed by atoms with Gasteiger partial charge < -0.3 is 13.8 Å². The first-order chi connectivity index (χ1) is 12.1. The SMILES string of the molecule is CC(C)N1CCCC2(CCN(Cc3nc(-c4ccco4)no3)C2)C1=O. The number of hydrogen-bond acceptors (Lipinski definition) is 6. The molecule has 0 aromatic carbocycles. The molecule has 7 nitrogen and oxygen atoms in total. The smallest absolute Gasteiger partial charge is 0.241 e. The molecule has 4 rings (SSSR count). The van der Waals surface area contributed by atoms with Crippen LogP contribution in [0.5, 0.6) is 0 Å². The van der Waals surface area contributed by atoms with Gasteiger partial charge in [0.05, 0.1) is 18.2 Å². The minimum atomic E-state index is -0.230. The van der Waals surface area contributed by atoms with E-state index in [1.54, 1.807) is 18.4 Å². The van der Waals surface area contributed by atoms with E-state index in [2.05, 4.69) is 28.9 Å². The van der Waals surface area contributed by atoms with Crippen LogP contribution in [0.15, 0.2) is 27.3 Å². The van der Waals surface area contributed by atoms with Crippen molar-refractivity contribution in [3.8, 4) is 11.6 Å². The van der Waals surface area contributed by atoms with Gasteiger partial charge in [0.25, 0.3) is 0 Å². The topological polar surface area (TPSA) is 75.6 Å². The van der Waals surface area contributed by atoms with E-state index in [0.29, 0.717) is 29.9 Å². The van der Waals surface area contributed by atoms with E-state index in [9.17, 15) is 4.79 Å². The first-order valence-electron chi connectivity index (χ1n) is 8.97. The second kappa shape index (κ2) is 6.29. The van der Waals surface area contributed by atoms with Crippen LogP contribution in [0.25, 0.3) is 11.6 Å². The van der Waals surface area contributed by atoms with E-state index in [0.717, 1.165) is 38.9 Å². The third kappa shape index (κ3) is 2.97. The van der Waals surface area contributed by atoms with E-state index in [1.807, 2.05) is 4.90 Å². The summed E-state index contributed by atoms with van der Waals surface area (Å²) in [6.07, 6.45) is 4.56. The van der Waals surface area contributed by atoms with Crippen molar-refractivity contribution in [1.29, 1.82) is 0 Å². The Balaban J connectivity index is 1.43. The molecule has 7 heteroatoms. The average molecular weight is 344 g/mol. The highest BCUT2D eigenvalue weighted by Gasteiger charge is 2.48.